The largest absolute Gasteiger partial charge is 0.462 e. The van der Waals surface area contributed by atoms with Gasteiger partial charge in [-0.2, -0.15) is 0 Å². The maximum absolute atomic E-state index is 13.3. The van der Waals surface area contributed by atoms with Crippen LogP contribution in [-0.4, -0.2) is 12.1 Å². The van der Waals surface area contributed by atoms with E-state index in [-0.39, 0.29) is 17.5 Å². The number of unbranched alkanes of at least 4 members (excludes halogenated alkanes) is 24. The number of fused-ring (bicyclic) bond motifs is 7. The normalized spacial score (nSPS) is 35.6. The Hall–Kier alpha value is -0.790. The van der Waals surface area contributed by atoms with E-state index in [0.29, 0.717) is 34.0 Å². The summed E-state index contributed by atoms with van der Waals surface area (Å²) in [6, 6.07) is 0. The van der Waals surface area contributed by atoms with E-state index in [1.54, 1.807) is 0 Å². The zero-order valence-corrected chi connectivity index (χ0v) is 41.9. The summed E-state index contributed by atoms with van der Waals surface area (Å²) in [5.74, 6) is 3.89. The van der Waals surface area contributed by atoms with Crippen LogP contribution in [0.25, 0.3) is 0 Å². The lowest BCUT2D eigenvalue weighted by Gasteiger charge is -2.73. The molecule has 5 aliphatic rings. The van der Waals surface area contributed by atoms with E-state index in [2.05, 4.69) is 62.0 Å². The molecule has 0 amide bonds. The van der Waals surface area contributed by atoms with Crippen molar-refractivity contribution in [3.8, 4) is 0 Å². The summed E-state index contributed by atoms with van der Waals surface area (Å²) >= 11 is 0. The molecule has 0 aromatic heterocycles. The summed E-state index contributed by atoms with van der Waals surface area (Å²) in [7, 11) is 0. The molecule has 0 heterocycles. The third kappa shape index (κ3) is 11.9. The zero-order chi connectivity index (χ0) is 43.3. The molecule has 5 saturated carbocycles. The summed E-state index contributed by atoms with van der Waals surface area (Å²) in [6.45, 7) is 25.0. The van der Waals surface area contributed by atoms with E-state index in [1.807, 2.05) is 0 Å². The summed E-state index contributed by atoms with van der Waals surface area (Å²) < 4.78 is 6.47. The third-order valence-corrected chi connectivity index (χ3v) is 20.2. The summed E-state index contributed by atoms with van der Waals surface area (Å²) in [5.41, 5.74) is 3.17. The van der Waals surface area contributed by atoms with Gasteiger partial charge in [-0.05, 0) is 129 Å². The molecule has 5 aliphatic carbocycles. The lowest BCUT2D eigenvalue weighted by Crippen LogP contribution is -2.66. The molecular weight excluding hydrogens is 729 g/mol. The Kier molecular flexibility index (Phi) is 19.6. The Morgan fingerprint density at radius 2 is 1.00 bits per heavy atom. The lowest BCUT2D eigenvalue weighted by molar-refractivity contribution is -0.249. The monoisotopic (exact) mass is 833 g/mol. The van der Waals surface area contributed by atoms with Crippen molar-refractivity contribution in [2.24, 2.45) is 56.7 Å². The minimum Gasteiger partial charge on any atom is -0.462 e. The van der Waals surface area contributed by atoms with Crippen LogP contribution >= 0.6 is 0 Å². The Morgan fingerprint density at radius 3 is 1.48 bits per heavy atom. The molecule has 0 aromatic carbocycles. The average molecular weight is 833 g/mol. The number of carbonyl (C=O) groups is 1. The lowest BCUT2D eigenvalue weighted by atomic mass is 9.32. The van der Waals surface area contributed by atoms with Crippen LogP contribution in [0.3, 0.4) is 0 Å². The standard InChI is InChI=1S/C58H104O2/c1-10-11-12-13-14-15-16-17-18-19-20-21-22-23-24-25-26-27-28-29-30-31-32-33-34-35-52(59)60-51-40-42-56(7)49(54(51,4)5)39-43-58(9)50(56)37-36-48-53-47(46(2)3)38-41-55(53,6)44-45-57(48,58)8/h47-51,53H,2,10-45H2,1,3-9H3. The van der Waals surface area contributed by atoms with Crippen LogP contribution in [0.4, 0.5) is 0 Å². The van der Waals surface area contributed by atoms with Gasteiger partial charge in [-0.1, -0.05) is 215 Å². The average Bonchev–Trinajstić information content (AvgIpc) is 3.57. The molecule has 2 nitrogen and oxygen atoms in total. The van der Waals surface area contributed by atoms with Crippen LogP contribution in [0, 0.1) is 56.7 Å². The highest BCUT2D eigenvalue weighted by atomic mass is 16.5. The topological polar surface area (TPSA) is 26.3 Å². The summed E-state index contributed by atoms with van der Waals surface area (Å²) in [6.07, 6.45) is 49.2. The predicted octanol–water partition coefficient (Wildman–Crippen LogP) is 18.7. The molecule has 0 N–H and O–H groups in total. The first-order valence-electron chi connectivity index (χ1n) is 27.6. The maximum atomic E-state index is 13.3. The van der Waals surface area contributed by atoms with Gasteiger partial charge in [-0.3, -0.25) is 4.79 Å². The third-order valence-electron chi connectivity index (χ3n) is 20.2. The molecule has 0 aromatic rings. The fraction of sp³-hybridized carbons (Fsp3) is 0.948. The molecule has 0 spiro atoms. The second-order valence-corrected chi connectivity index (χ2v) is 24.4. The molecule has 0 radical (unpaired) electrons. The highest BCUT2D eigenvalue weighted by Crippen LogP contribution is 2.77. The van der Waals surface area contributed by atoms with Gasteiger partial charge in [0.2, 0.25) is 0 Å². The highest BCUT2D eigenvalue weighted by Gasteiger charge is 2.70. The van der Waals surface area contributed by atoms with Crippen molar-refractivity contribution in [3.05, 3.63) is 12.2 Å². The molecule has 60 heavy (non-hydrogen) atoms. The molecule has 10 unspecified atom stereocenters. The second kappa shape index (κ2) is 23.4. The Bertz CT molecular complexity index is 1280. The first-order valence-corrected chi connectivity index (χ1v) is 27.6. The number of rotatable bonds is 28. The fourth-order valence-electron chi connectivity index (χ4n) is 16.3. The number of allylic oxidation sites excluding steroid dienone is 1. The zero-order valence-electron chi connectivity index (χ0n) is 41.9. The van der Waals surface area contributed by atoms with E-state index in [9.17, 15) is 4.79 Å². The molecule has 2 heteroatoms. The summed E-state index contributed by atoms with van der Waals surface area (Å²) in [5, 5.41) is 0. The smallest absolute Gasteiger partial charge is 0.306 e. The van der Waals surface area contributed by atoms with Crippen LogP contribution in [0.5, 0.6) is 0 Å². The molecule has 0 saturated heterocycles. The Morgan fingerprint density at radius 1 is 0.517 bits per heavy atom. The molecule has 348 valence electrons. The van der Waals surface area contributed by atoms with Crippen molar-refractivity contribution < 1.29 is 9.53 Å². The number of carbonyl (C=O) groups excluding carboxylic acids is 1. The van der Waals surface area contributed by atoms with E-state index < -0.39 is 0 Å². The second-order valence-electron chi connectivity index (χ2n) is 24.4. The minimum atomic E-state index is 0.0370. The first kappa shape index (κ1) is 50.2. The van der Waals surface area contributed by atoms with Crippen LogP contribution < -0.4 is 0 Å². The SMILES string of the molecule is C=C(C)C1CCC2(C)CCC3(C)C(CCC4C5(C)CCC(OC(=O)CCCCCCCCCCCCCCCCCCCCCCCCCCC)C(C)(C)C5CCC43C)C12. The van der Waals surface area contributed by atoms with Crippen LogP contribution in [0.1, 0.15) is 287 Å². The van der Waals surface area contributed by atoms with Crippen LogP contribution in [-0.2, 0) is 9.53 Å². The molecule has 10 atom stereocenters. The first-order chi connectivity index (χ1) is 28.7. The maximum Gasteiger partial charge on any atom is 0.306 e. The van der Waals surface area contributed by atoms with Gasteiger partial charge in [0.15, 0.2) is 0 Å². The van der Waals surface area contributed by atoms with E-state index in [0.717, 1.165) is 36.5 Å². The van der Waals surface area contributed by atoms with E-state index >= 15 is 0 Å². The van der Waals surface area contributed by atoms with Gasteiger partial charge in [0.1, 0.15) is 6.10 Å². The van der Waals surface area contributed by atoms with Crippen molar-refractivity contribution in [2.75, 3.05) is 0 Å². The quantitative estimate of drug-likeness (QED) is 0.0446. The fourth-order valence-corrected chi connectivity index (χ4v) is 16.3. The highest BCUT2D eigenvalue weighted by molar-refractivity contribution is 5.69. The number of hydrogen-bond acceptors (Lipinski definition) is 2. The molecule has 0 aliphatic heterocycles. The van der Waals surface area contributed by atoms with Crippen molar-refractivity contribution in [3.63, 3.8) is 0 Å². The van der Waals surface area contributed by atoms with Gasteiger partial charge in [0.05, 0.1) is 0 Å². The van der Waals surface area contributed by atoms with Gasteiger partial charge in [0.25, 0.3) is 0 Å². The predicted molar refractivity (Wildman–Crippen MR) is 260 cm³/mol. The molecule has 0 bridgehead atoms. The number of esters is 1. The van der Waals surface area contributed by atoms with Crippen LogP contribution in [0.15, 0.2) is 12.2 Å². The van der Waals surface area contributed by atoms with Gasteiger partial charge in [0, 0.05) is 11.8 Å². The van der Waals surface area contributed by atoms with Gasteiger partial charge in [-0.15, -0.1) is 0 Å². The van der Waals surface area contributed by atoms with E-state index in [4.69, 9.17) is 4.74 Å². The molecule has 5 rings (SSSR count). The Labute approximate surface area is 375 Å². The number of hydrogen-bond donors (Lipinski definition) is 0. The van der Waals surface area contributed by atoms with Gasteiger partial charge >= 0.3 is 5.97 Å². The van der Waals surface area contributed by atoms with Gasteiger partial charge in [-0.25, -0.2) is 0 Å². The number of ether oxygens (including phenoxy) is 1. The minimum absolute atomic E-state index is 0.0370. The van der Waals surface area contributed by atoms with Crippen molar-refractivity contribution in [1.29, 1.82) is 0 Å². The van der Waals surface area contributed by atoms with Crippen molar-refractivity contribution >= 4 is 5.97 Å². The van der Waals surface area contributed by atoms with E-state index in [1.165, 1.54) is 217 Å². The molecule has 5 fully saturated rings. The van der Waals surface area contributed by atoms with Gasteiger partial charge < -0.3 is 4.74 Å². The van der Waals surface area contributed by atoms with Crippen LogP contribution in [0.2, 0.25) is 0 Å². The molecular formula is C58H104O2. The van der Waals surface area contributed by atoms with Crippen molar-refractivity contribution in [2.45, 2.75) is 293 Å². The van der Waals surface area contributed by atoms with Crippen molar-refractivity contribution in [1.82, 2.24) is 0 Å². The summed E-state index contributed by atoms with van der Waals surface area (Å²) in [4.78, 5) is 13.3. The Balaban J connectivity index is 0.890.